The van der Waals surface area contributed by atoms with E-state index in [1.165, 1.54) is 18.4 Å². The van der Waals surface area contributed by atoms with Crippen molar-refractivity contribution >= 4 is 33.2 Å². The number of carbonyl (C=O) groups is 2. The minimum absolute atomic E-state index is 0.0237. The van der Waals surface area contributed by atoms with Gasteiger partial charge in [0.25, 0.3) is 5.91 Å². The first-order valence-electron chi connectivity index (χ1n) is 14.4. The number of urea groups is 1. The molecule has 1 aromatic heterocycles. The van der Waals surface area contributed by atoms with E-state index >= 15 is 0 Å². The smallest absolute Gasteiger partial charge is 0.326 e. The van der Waals surface area contributed by atoms with E-state index in [4.69, 9.17) is 10.5 Å². The van der Waals surface area contributed by atoms with Crippen LogP contribution in [-0.4, -0.2) is 55.6 Å². The largest absolute Gasteiger partial charge is 0.439 e. The van der Waals surface area contributed by atoms with E-state index in [2.05, 4.69) is 15.2 Å². The number of piperidine rings is 1. The number of nitrogens with one attached hydrogen (secondary N) is 1. The lowest BCUT2D eigenvalue weighted by Gasteiger charge is -2.38. The van der Waals surface area contributed by atoms with Gasteiger partial charge in [0, 0.05) is 55.6 Å². The zero-order chi connectivity index (χ0) is 32.0. The molecule has 45 heavy (non-hydrogen) atoms. The average Bonchev–Trinajstić information content (AvgIpc) is 3.01. The fraction of sp³-hybridized carbons (Fsp3) is 0.242. The number of nitrogens with two attached hydrogens (primary N) is 1. The molecule has 0 aliphatic carbocycles. The van der Waals surface area contributed by atoms with Crippen LogP contribution in [0.15, 0.2) is 91.1 Å². The number of hydrogen-bond donors (Lipinski definition) is 2. The van der Waals surface area contributed by atoms with Crippen LogP contribution in [0.3, 0.4) is 0 Å². The zero-order valence-electron chi connectivity index (χ0n) is 24.7. The number of aromatic nitrogens is 1. The van der Waals surface area contributed by atoms with Crippen LogP contribution >= 0.6 is 0 Å². The lowest BCUT2D eigenvalue weighted by Crippen LogP contribution is -2.49. The number of anilines is 2. The van der Waals surface area contributed by atoms with Crippen molar-refractivity contribution in [3.8, 4) is 11.6 Å². The highest BCUT2D eigenvalue weighted by molar-refractivity contribution is 7.89. The summed E-state index contributed by atoms with van der Waals surface area (Å²) in [4.78, 5) is 33.6. The second kappa shape index (κ2) is 13.9. The number of pyridine rings is 1. The highest BCUT2D eigenvalue weighted by atomic mass is 32.2. The Morgan fingerprint density at radius 3 is 2.31 bits per heavy atom. The summed E-state index contributed by atoms with van der Waals surface area (Å²) in [6, 6.07) is 23.2. The number of rotatable bonds is 10. The molecule has 1 saturated heterocycles. The predicted octanol–water partition coefficient (Wildman–Crippen LogP) is 5.36. The van der Waals surface area contributed by atoms with E-state index < -0.39 is 21.6 Å². The Morgan fingerprint density at radius 1 is 1.00 bits per heavy atom. The van der Waals surface area contributed by atoms with Crippen molar-refractivity contribution in [2.45, 2.75) is 31.2 Å². The molecule has 3 aromatic carbocycles. The van der Waals surface area contributed by atoms with E-state index in [-0.39, 0.29) is 29.1 Å². The maximum Gasteiger partial charge on any atom is 0.326 e. The predicted molar refractivity (Wildman–Crippen MR) is 170 cm³/mol. The normalized spacial score (nSPS) is 14.1. The van der Waals surface area contributed by atoms with Crippen LogP contribution in [0.25, 0.3) is 0 Å². The average molecular weight is 632 g/mol. The van der Waals surface area contributed by atoms with Gasteiger partial charge in [-0.1, -0.05) is 36.4 Å². The molecular weight excluding hydrogens is 597 g/mol. The molecular formula is C33H34FN5O5S. The third-order valence-corrected chi connectivity index (χ3v) is 8.29. The van der Waals surface area contributed by atoms with Crippen LogP contribution in [0.1, 0.15) is 34.3 Å². The maximum absolute atomic E-state index is 14.0. The highest BCUT2D eigenvalue weighted by Gasteiger charge is 2.29. The van der Waals surface area contributed by atoms with Crippen molar-refractivity contribution in [1.82, 2.24) is 9.88 Å². The zero-order valence-corrected chi connectivity index (χ0v) is 25.5. The molecule has 10 nitrogen and oxygen atoms in total. The van der Waals surface area contributed by atoms with E-state index in [0.717, 1.165) is 43.2 Å². The van der Waals surface area contributed by atoms with Gasteiger partial charge < -0.3 is 15.8 Å². The summed E-state index contributed by atoms with van der Waals surface area (Å²) >= 11 is 0. The Balaban J connectivity index is 1.18. The van der Waals surface area contributed by atoms with Gasteiger partial charge >= 0.3 is 6.03 Å². The van der Waals surface area contributed by atoms with Crippen molar-refractivity contribution in [3.05, 3.63) is 114 Å². The van der Waals surface area contributed by atoms with Crippen LogP contribution in [0.2, 0.25) is 0 Å². The van der Waals surface area contributed by atoms with Crippen molar-refractivity contribution < 1.29 is 27.1 Å². The number of hydrogen-bond acceptors (Lipinski definition) is 7. The van der Waals surface area contributed by atoms with Crippen LogP contribution in [0.5, 0.6) is 11.6 Å². The molecule has 1 aliphatic heterocycles. The van der Waals surface area contributed by atoms with Crippen LogP contribution in [-0.2, 0) is 22.1 Å². The SMILES string of the molecule is CS(=O)(=O)Cc1ccc(Oc2ccc(CN3CCC(N(C(=O)Nc4ccc(F)c(C(N)=O)c4)c4ccccc4)CC3)cn2)cc1. The molecule has 0 spiro atoms. The molecule has 5 rings (SSSR count). The summed E-state index contributed by atoms with van der Waals surface area (Å²) in [5.74, 6) is -0.685. The van der Waals surface area contributed by atoms with Crippen LogP contribution < -0.4 is 20.7 Å². The fourth-order valence-electron chi connectivity index (χ4n) is 5.29. The summed E-state index contributed by atoms with van der Waals surface area (Å²) in [5, 5.41) is 2.80. The van der Waals surface area contributed by atoms with Crippen LogP contribution in [0, 0.1) is 5.82 Å². The van der Waals surface area contributed by atoms with Crippen molar-refractivity contribution in [3.63, 3.8) is 0 Å². The van der Waals surface area contributed by atoms with Gasteiger partial charge in [-0.2, -0.15) is 0 Å². The molecule has 0 radical (unpaired) electrons. The lowest BCUT2D eigenvalue weighted by molar-refractivity contribution is 0.0996. The number of halogens is 1. The number of sulfone groups is 1. The number of amides is 3. The Hall–Kier alpha value is -4.81. The van der Waals surface area contributed by atoms with Crippen LogP contribution in [0.4, 0.5) is 20.6 Å². The minimum atomic E-state index is -3.11. The second-order valence-corrected chi connectivity index (χ2v) is 13.2. The van der Waals surface area contributed by atoms with Gasteiger partial charge in [0.15, 0.2) is 9.84 Å². The first-order valence-corrected chi connectivity index (χ1v) is 16.5. The number of carbonyl (C=O) groups excluding carboxylic acids is 2. The quantitative estimate of drug-likeness (QED) is 0.241. The molecule has 0 saturated carbocycles. The number of benzene rings is 3. The molecule has 1 fully saturated rings. The number of nitrogens with zero attached hydrogens (tertiary/aromatic N) is 3. The molecule has 12 heteroatoms. The summed E-state index contributed by atoms with van der Waals surface area (Å²) in [5.41, 5.74) is 7.70. The Labute approximate surface area is 261 Å². The molecule has 0 bridgehead atoms. The van der Waals surface area contributed by atoms with Crippen molar-refractivity contribution in [2.24, 2.45) is 5.73 Å². The molecule has 3 N–H and O–H groups in total. The molecule has 234 valence electrons. The standard InChI is InChI=1S/C33H34FN5O5S/c1-45(42,43)22-23-7-11-28(12-8-23)44-31-14-9-24(20-36-31)21-38-17-15-27(16-18-38)39(26-5-3-2-4-6-26)33(41)37-25-10-13-30(34)29(19-25)32(35)40/h2-14,19-20,27H,15-18,21-22H2,1H3,(H2,35,40)(H,37,41). The summed E-state index contributed by atoms with van der Waals surface area (Å²) in [7, 11) is -3.11. The van der Waals surface area contributed by atoms with Gasteiger partial charge in [-0.25, -0.2) is 22.6 Å². The third kappa shape index (κ3) is 8.64. The van der Waals surface area contributed by atoms with Gasteiger partial charge in [-0.05, 0) is 66.4 Å². The Morgan fingerprint density at radius 2 is 1.69 bits per heavy atom. The second-order valence-electron chi connectivity index (χ2n) is 11.0. The number of para-hydroxylation sites is 1. The van der Waals surface area contributed by atoms with E-state index in [9.17, 15) is 22.4 Å². The number of ether oxygens (including phenoxy) is 1. The van der Waals surface area contributed by atoms with Crippen molar-refractivity contribution in [1.29, 1.82) is 0 Å². The number of primary amides is 1. The Bertz CT molecular complexity index is 1740. The molecule has 3 amide bonds. The molecule has 2 heterocycles. The monoisotopic (exact) mass is 631 g/mol. The van der Waals surface area contributed by atoms with Gasteiger partial charge in [-0.3, -0.25) is 14.6 Å². The van der Waals surface area contributed by atoms with Gasteiger partial charge in [0.1, 0.15) is 11.6 Å². The lowest BCUT2D eigenvalue weighted by atomic mass is 10.0. The minimum Gasteiger partial charge on any atom is -0.439 e. The number of likely N-dealkylation sites (tertiary alicyclic amines) is 1. The topological polar surface area (TPSA) is 135 Å². The molecule has 1 aliphatic rings. The highest BCUT2D eigenvalue weighted by Crippen LogP contribution is 2.27. The third-order valence-electron chi connectivity index (χ3n) is 7.44. The Kier molecular flexibility index (Phi) is 9.74. The van der Waals surface area contributed by atoms with Gasteiger partial charge in [0.05, 0.1) is 11.3 Å². The van der Waals surface area contributed by atoms with E-state index in [0.29, 0.717) is 23.7 Å². The molecule has 4 aromatic rings. The van der Waals surface area contributed by atoms with Gasteiger partial charge in [-0.15, -0.1) is 0 Å². The fourth-order valence-corrected chi connectivity index (χ4v) is 6.09. The molecule has 0 unspecified atom stereocenters. The summed E-state index contributed by atoms with van der Waals surface area (Å²) in [6.07, 6.45) is 4.42. The summed E-state index contributed by atoms with van der Waals surface area (Å²) < 4.78 is 42.8. The molecule has 0 atom stereocenters. The first kappa shape index (κ1) is 31.6. The maximum atomic E-state index is 14.0. The summed E-state index contributed by atoms with van der Waals surface area (Å²) in [6.45, 7) is 2.19. The van der Waals surface area contributed by atoms with E-state index in [1.54, 1.807) is 41.4 Å². The van der Waals surface area contributed by atoms with Crippen molar-refractivity contribution in [2.75, 3.05) is 29.6 Å². The van der Waals surface area contributed by atoms with E-state index in [1.807, 2.05) is 36.4 Å². The first-order chi connectivity index (χ1) is 21.5. The van der Waals surface area contributed by atoms with Gasteiger partial charge in [0.2, 0.25) is 5.88 Å².